The number of esters is 1. The Balaban J connectivity index is 1.34. The van der Waals surface area contributed by atoms with E-state index in [4.69, 9.17) is 4.74 Å². The third kappa shape index (κ3) is 3.04. The van der Waals surface area contributed by atoms with Crippen molar-refractivity contribution in [3.05, 3.63) is 35.9 Å². The van der Waals surface area contributed by atoms with Crippen LogP contribution in [0.1, 0.15) is 56.6 Å². The summed E-state index contributed by atoms with van der Waals surface area (Å²) in [6, 6.07) is 9.71. The topological polar surface area (TPSA) is 55.4 Å². The van der Waals surface area contributed by atoms with Crippen molar-refractivity contribution in [3.63, 3.8) is 0 Å². The summed E-state index contributed by atoms with van der Waals surface area (Å²) in [5.41, 5.74) is 0.766. The Morgan fingerprint density at radius 2 is 1.54 bits per heavy atom. The van der Waals surface area contributed by atoms with E-state index >= 15 is 0 Å². The zero-order valence-electron chi connectivity index (χ0n) is 15.1. The second-order valence-electron chi connectivity index (χ2n) is 8.97. The van der Waals surface area contributed by atoms with E-state index < -0.39 is 6.10 Å². The molecule has 1 amide bonds. The minimum Gasteiger partial charge on any atom is -0.447 e. The highest BCUT2D eigenvalue weighted by Gasteiger charge is 2.52. The molecular formula is C22H27NO3. The van der Waals surface area contributed by atoms with Gasteiger partial charge in [0.2, 0.25) is 6.10 Å². The molecule has 0 spiro atoms. The molecule has 1 N–H and O–H groups in total. The lowest BCUT2D eigenvalue weighted by molar-refractivity contribution is -0.172. The van der Waals surface area contributed by atoms with Crippen LogP contribution in [0.25, 0.3) is 0 Å². The van der Waals surface area contributed by atoms with Gasteiger partial charge in [-0.1, -0.05) is 30.3 Å². The molecule has 0 aliphatic heterocycles. The Bertz CT molecular complexity index is 669. The van der Waals surface area contributed by atoms with Crippen molar-refractivity contribution in [1.29, 1.82) is 0 Å². The molecule has 0 saturated heterocycles. The summed E-state index contributed by atoms with van der Waals surface area (Å²) < 4.78 is 5.90. The smallest absolute Gasteiger partial charge is 0.310 e. The van der Waals surface area contributed by atoms with E-state index in [1.54, 1.807) is 0 Å². The zero-order valence-corrected chi connectivity index (χ0v) is 15.1. The van der Waals surface area contributed by atoms with Crippen LogP contribution in [-0.2, 0) is 14.3 Å². The molecule has 0 unspecified atom stereocenters. The minimum absolute atomic E-state index is 0.00253. The van der Waals surface area contributed by atoms with Gasteiger partial charge in [0, 0.05) is 11.6 Å². The van der Waals surface area contributed by atoms with Crippen molar-refractivity contribution < 1.29 is 14.3 Å². The molecule has 5 aliphatic carbocycles. The molecule has 1 aromatic carbocycles. The van der Waals surface area contributed by atoms with Gasteiger partial charge in [0.1, 0.15) is 0 Å². The monoisotopic (exact) mass is 353 g/mol. The molecule has 1 atom stereocenters. The maximum Gasteiger partial charge on any atom is 0.310 e. The van der Waals surface area contributed by atoms with Crippen molar-refractivity contribution >= 4 is 11.9 Å². The normalized spacial score (nSPS) is 35.8. The third-order valence-corrected chi connectivity index (χ3v) is 7.00. The lowest BCUT2D eigenvalue weighted by atomic mass is 9.52. The molecule has 138 valence electrons. The number of ether oxygens (including phenoxy) is 1. The number of benzene rings is 1. The van der Waals surface area contributed by atoms with Crippen LogP contribution in [0.4, 0.5) is 0 Å². The summed E-state index contributed by atoms with van der Waals surface area (Å²) in [5, 5.41) is 3.01. The van der Waals surface area contributed by atoms with Crippen LogP contribution in [0.3, 0.4) is 0 Å². The van der Waals surface area contributed by atoms with Gasteiger partial charge in [-0.2, -0.15) is 0 Å². The standard InChI is InChI=1S/C22H27NO3/c24-21(23-18-6-7-18)20(15-4-2-1-3-5-15)26-22(25)19-16-9-13-8-14(11-16)12-17(19)10-13/h1-5,13-14,16-20H,6-12H2,(H,23,24)/t13?,14?,16?,17?,19?,20-/m0/s1. The van der Waals surface area contributed by atoms with Crippen molar-refractivity contribution in [2.24, 2.45) is 29.6 Å². The predicted molar refractivity (Wildman–Crippen MR) is 97.0 cm³/mol. The van der Waals surface area contributed by atoms with Gasteiger partial charge in [-0.3, -0.25) is 9.59 Å². The van der Waals surface area contributed by atoms with Gasteiger partial charge >= 0.3 is 5.97 Å². The zero-order chi connectivity index (χ0) is 17.7. The molecule has 4 nitrogen and oxygen atoms in total. The van der Waals surface area contributed by atoms with Crippen molar-refractivity contribution in [3.8, 4) is 0 Å². The number of carbonyl (C=O) groups excluding carboxylic acids is 2. The first kappa shape index (κ1) is 16.3. The SMILES string of the molecule is O=C(O[C@H](C(=O)NC1CC1)c1ccccc1)C1C2CC3CC(C2)CC1C3. The van der Waals surface area contributed by atoms with Gasteiger partial charge in [0.05, 0.1) is 5.92 Å². The molecule has 0 radical (unpaired) electrons. The Morgan fingerprint density at radius 1 is 0.923 bits per heavy atom. The largest absolute Gasteiger partial charge is 0.447 e. The van der Waals surface area contributed by atoms with Crippen LogP contribution in [-0.4, -0.2) is 17.9 Å². The fraction of sp³-hybridized carbons (Fsp3) is 0.636. The second-order valence-corrected chi connectivity index (χ2v) is 8.97. The Hall–Kier alpha value is -1.84. The molecule has 26 heavy (non-hydrogen) atoms. The number of rotatable bonds is 5. The van der Waals surface area contributed by atoms with E-state index in [2.05, 4.69) is 5.32 Å². The summed E-state index contributed by atoms with van der Waals surface area (Å²) in [7, 11) is 0. The fourth-order valence-corrected chi connectivity index (χ4v) is 5.91. The van der Waals surface area contributed by atoms with Gasteiger partial charge in [0.25, 0.3) is 5.91 Å². The van der Waals surface area contributed by atoms with Gasteiger partial charge in [-0.05, 0) is 68.6 Å². The summed E-state index contributed by atoms with van der Waals surface area (Å²) >= 11 is 0. The number of nitrogens with one attached hydrogen (secondary N) is 1. The average molecular weight is 353 g/mol. The number of amides is 1. The summed E-state index contributed by atoms with van der Waals surface area (Å²) in [4.78, 5) is 25.9. The molecule has 4 bridgehead atoms. The van der Waals surface area contributed by atoms with E-state index in [0.717, 1.165) is 30.2 Å². The molecular weight excluding hydrogens is 326 g/mol. The van der Waals surface area contributed by atoms with E-state index in [1.807, 2.05) is 30.3 Å². The summed E-state index contributed by atoms with van der Waals surface area (Å²) in [5.74, 6) is 2.29. The second kappa shape index (κ2) is 6.40. The maximum absolute atomic E-state index is 13.1. The average Bonchev–Trinajstić information content (AvgIpc) is 3.43. The Kier molecular flexibility index (Phi) is 4.02. The van der Waals surface area contributed by atoms with Gasteiger partial charge in [-0.15, -0.1) is 0 Å². The maximum atomic E-state index is 13.1. The summed E-state index contributed by atoms with van der Waals surface area (Å²) in [6.07, 6.45) is 7.31. The van der Waals surface area contributed by atoms with Crippen molar-refractivity contribution in [2.45, 2.75) is 57.1 Å². The van der Waals surface area contributed by atoms with Crippen LogP contribution in [0, 0.1) is 29.6 Å². The van der Waals surface area contributed by atoms with Crippen LogP contribution in [0.15, 0.2) is 30.3 Å². The molecule has 4 heteroatoms. The van der Waals surface area contributed by atoms with Gasteiger partial charge in [-0.25, -0.2) is 0 Å². The highest BCUT2D eigenvalue weighted by Crippen LogP contribution is 2.57. The molecule has 0 aromatic heterocycles. The van der Waals surface area contributed by atoms with Crippen LogP contribution in [0.2, 0.25) is 0 Å². The molecule has 6 rings (SSSR count). The highest BCUT2D eigenvalue weighted by molar-refractivity contribution is 5.86. The fourth-order valence-electron chi connectivity index (χ4n) is 5.91. The lowest BCUT2D eigenvalue weighted by Crippen LogP contribution is -2.49. The molecule has 1 aromatic rings. The van der Waals surface area contributed by atoms with Crippen molar-refractivity contribution in [1.82, 2.24) is 5.32 Å². The minimum atomic E-state index is -0.818. The molecule has 5 aliphatic rings. The van der Waals surface area contributed by atoms with Crippen LogP contribution >= 0.6 is 0 Å². The first-order valence-electron chi connectivity index (χ1n) is 10.2. The molecule has 5 saturated carbocycles. The number of carbonyl (C=O) groups is 2. The van der Waals surface area contributed by atoms with E-state index in [0.29, 0.717) is 11.8 Å². The number of hydrogen-bond donors (Lipinski definition) is 1. The molecule has 0 heterocycles. The molecule has 5 fully saturated rings. The predicted octanol–water partition coefficient (Wildman–Crippen LogP) is 3.62. The highest BCUT2D eigenvalue weighted by atomic mass is 16.5. The van der Waals surface area contributed by atoms with E-state index in [9.17, 15) is 9.59 Å². The van der Waals surface area contributed by atoms with Crippen LogP contribution in [0.5, 0.6) is 0 Å². The Morgan fingerprint density at radius 3 is 2.12 bits per heavy atom. The summed E-state index contributed by atoms with van der Waals surface area (Å²) in [6.45, 7) is 0. The van der Waals surface area contributed by atoms with Gasteiger partial charge < -0.3 is 10.1 Å². The van der Waals surface area contributed by atoms with E-state index in [-0.39, 0.29) is 23.8 Å². The van der Waals surface area contributed by atoms with Crippen LogP contribution < -0.4 is 5.32 Å². The Labute approximate surface area is 154 Å². The van der Waals surface area contributed by atoms with E-state index in [1.165, 1.54) is 32.1 Å². The number of hydrogen-bond acceptors (Lipinski definition) is 3. The lowest BCUT2D eigenvalue weighted by Gasteiger charge is -2.53. The third-order valence-electron chi connectivity index (χ3n) is 7.00. The quantitative estimate of drug-likeness (QED) is 0.823. The van der Waals surface area contributed by atoms with Gasteiger partial charge in [0.15, 0.2) is 0 Å². The first-order chi connectivity index (χ1) is 12.7. The first-order valence-corrected chi connectivity index (χ1v) is 10.2. The van der Waals surface area contributed by atoms with Crippen molar-refractivity contribution in [2.75, 3.05) is 0 Å².